The minimum atomic E-state index is 0.0265. The summed E-state index contributed by atoms with van der Waals surface area (Å²) in [6.07, 6.45) is 1.67. The highest BCUT2D eigenvalue weighted by molar-refractivity contribution is 5.94. The lowest BCUT2D eigenvalue weighted by Gasteiger charge is -2.34. The number of benzene rings is 2. The molecule has 0 spiro atoms. The van der Waals surface area contributed by atoms with Crippen LogP contribution >= 0.6 is 0 Å². The number of piperazine rings is 1. The number of aromatic nitrogens is 2. The van der Waals surface area contributed by atoms with Crippen LogP contribution in [0.4, 0.5) is 0 Å². The van der Waals surface area contributed by atoms with E-state index in [-0.39, 0.29) is 5.91 Å². The minimum absolute atomic E-state index is 0.0265. The molecule has 0 atom stereocenters. The first-order valence-corrected chi connectivity index (χ1v) is 10.5. The Balaban J connectivity index is 1.21. The van der Waals surface area contributed by atoms with Gasteiger partial charge in [-0.1, -0.05) is 35.0 Å². The van der Waals surface area contributed by atoms with Crippen molar-refractivity contribution < 1.29 is 9.32 Å². The molecule has 7 heteroatoms. The van der Waals surface area contributed by atoms with E-state index >= 15 is 0 Å². The summed E-state index contributed by atoms with van der Waals surface area (Å²) in [6.45, 7) is 6.09. The molecule has 2 heterocycles. The quantitative estimate of drug-likeness (QED) is 0.614. The first-order chi connectivity index (χ1) is 15.1. The van der Waals surface area contributed by atoms with Gasteiger partial charge in [0.05, 0.1) is 11.6 Å². The van der Waals surface area contributed by atoms with Gasteiger partial charge in [0.2, 0.25) is 11.7 Å². The van der Waals surface area contributed by atoms with Gasteiger partial charge >= 0.3 is 0 Å². The van der Waals surface area contributed by atoms with Gasteiger partial charge in [0.25, 0.3) is 5.91 Å². The number of aryl methyl sites for hydroxylation is 2. The summed E-state index contributed by atoms with van der Waals surface area (Å²) in [5.41, 5.74) is 3.36. The van der Waals surface area contributed by atoms with E-state index in [1.807, 2.05) is 36.1 Å². The molecule has 3 aromatic rings. The highest BCUT2D eigenvalue weighted by atomic mass is 16.5. The minimum Gasteiger partial charge on any atom is -0.339 e. The molecular weight excluding hydrogens is 390 g/mol. The Morgan fingerprint density at radius 3 is 2.45 bits per heavy atom. The van der Waals surface area contributed by atoms with E-state index in [2.05, 4.69) is 21.1 Å². The van der Waals surface area contributed by atoms with Crippen molar-refractivity contribution in [2.24, 2.45) is 0 Å². The summed E-state index contributed by atoms with van der Waals surface area (Å²) in [7, 11) is 0. The number of carbonyl (C=O) groups excluding carboxylic acids is 1. The van der Waals surface area contributed by atoms with Crippen LogP contribution in [0, 0.1) is 18.3 Å². The van der Waals surface area contributed by atoms with E-state index in [4.69, 9.17) is 9.78 Å². The third kappa shape index (κ3) is 5.16. The number of nitrogens with zero attached hydrogens (tertiary/aromatic N) is 5. The predicted octanol–water partition coefficient (Wildman–Crippen LogP) is 3.31. The van der Waals surface area contributed by atoms with Gasteiger partial charge in [-0.3, -0.25) is 9.69 Å². The fourth-order valence-corrected chi connectivity index (χ4v) is 3.67. The molecule has 0 bridgehead atoms. The van der Waals surface area contributed by atoms with Gasteiger partial charge in [-0.15, -0.1) is 0 Å². The maximum Gasteiger partial charge on any atom is 0.253 e. The van der Waals surface area contributed by atoms with E-state index < -0.39 is 0 Å². The molecule has 4 rings (SSSR count). The van der Waals surface area contributed by atoms with E-state index in [0.29, 0.717) is 35.9 Å². The normalized spacial score (nSPS) is 14.4. The Morgan fingerprint density at radius 2 is 1.77 bits per heavy atom. The molecule has 7 nitrogen and oxygen atoms in total. The molecule has 158 valence electrons. The van der Waals surface area contributed by atoms with Crippen LogP contribution in [0.1, 0.15) is 33.8 Å². The number of amides is 1. The first kappa shape index (κ1) is 20.8. The van der Waals surface area contributed by atoms with Crippen LogP contribution in [0.5, 0.6) is 0 Å². The summed E-state index contributed by atoms with van der Waals surface area (Å²) in [5, 5.41) is 13.0. The third-order valence-corrected chi connectivity index (χ3v) is 5.56. The zero-order chi connectivity index (χ0) is 21.6. The van der Waals surface area contributed by atoms with Crippen LogP contribution in [-0.2, 0) is 6.42 Å². The lowest BCUT2D eigenvalue weighted by molar-refractivity contribution is 0.0635. The second-order valence-corrected chi connectivity index (χ2v) is 7.80. The summed E-state index contributed by atoms with van der Waals surface area (Å²) in [6, 6.07) is 17.0. The Labute approximate surface area is 181 Å². The van der Waals surface area contributed by atoms with Gasteiger partial charge in [0.1, 0.15) is 0 Å². The fourth-order valence-electron chi connectivity index (χ4n) is 3.67. The molecule has 0 aliphatic carbocycles. The second kappa shape index (κ2) is 9.54. The summed E-state index contributed by atoms with van der Waals surface area (Å²) in [4.78, 5) is 21.4. The topological polar surface area (TPSA) is 86.3 Å². The summed E-state index contributed by atoms with van der Waals surface area (Å²) in [5.74, 6) is 1.31. The Morgan fingerprint density at radius 1 is 1.06 bits per heavy atom. The largest absolute Gasteiger partial charge is 0.339 e. The molecular formula is C24H25N5O2. The average Bonchev–Trinajstić information content (AvgIpc) is 3.28. The molecule has 1 aromatic heterocycles. The molecule has 1 saturated heterocycles. The SMILES string of the molecule is Cc1ccc(-c2noc(CCCN3CCN(C(=O)c4ccc(C#N)cc4)CC3)n2)cc1. The van der Waals surface area contributed by atoms with Gasteiger partial charge in [-0.2, -0.15) is 10.2 Å². The standard InChI is InChI=1S/C24H25N5O2/c1-18-4-8-20(9-5-18)23-26-22(31-27-23)3-2-12-28-13-15-29(16-14-28)24(30)21-10-6-19(17-25)7-11-21/h4-11H,2-3,12-16H2,1H3. The molecule has 31 heavy (non-hydrogen) atoms. The van der Waals surface area contributed by atoms with Crippen LogP contribution in [0.3, 0.4) is 0 Å². The zero-order valence-corrected chi connectivity index (χ0v) is 17.6. The van der Waals surface area contributed by atoms with Crippen molar-refractivity contribution in [1.82, 2.24) is 19.9 Å². The van der Waals surface area contributed by atoms with E-state index in [0.717, 1.165) is 38.0 Å². The smallest absolute Gasteiger partial charge is 0.253 e. The van der Waals surface area contributed by atoms with E-state index in [1.165, 1.54) is 5.56 Å². The van der Waals surface area contributed by atoms with Crippen LogP contribution in [0.15, 0.2) is 53.1 Å². The van der Waals surface area contributed by atoms with Gasteiger partial charge in [-0.05, 0) is 44.2 Å². The molecule has 1 aliphatic heterocycles. The fraction of sp³-hybridized carbons (Fsp3) is 0.333. The van der Waals surface area contributed by atoms with Crippen molar-refractivity contribution in [1.29, 1.82) is 5.26 Å². The van der Waals surface area contributed by atoms with Gasteiger partial charge in [0.15, 0.2) is 0 Å². The Bertz CT molecular complexity index is 1060. The van der Waals surface area contributed by atoms with Crippen LogP contribution in [0.2, 0.25) is 0 Å². The van der Waals surface area contributed by atoms with Gasteiger partial charge < -0.3 is 9.42 Å². The van der Waals surface area contributed by atoms with Crippen molar-refractivity contribution in [3.05, 3.63) is 71.1 Å². The Kier molecular flexibility index (Phi) is 6.39. The summed E-state index contributed by atoms with van der Waals surface area (Å²) >= 11 is 0. The van der Waals surface area contributed by atoms with Crippen LogP contribution in [0.25, 0.3) is 11.4 Å². The van der Waals surface area contributed by atoms with Crippen molar-refractivity contribution >= 4 is 5.91 Å². The molecule has 1 aliphatic rings. The maximum absolute atomic E-state index is 12.6. The average molecular weight is 415 g/mol. The molecule has 1 fully saturated rings. The van der Waals surface area contributed by atoms with Gasteiger partial charge in [-0.25, -0.2) is 0 Å². The highest BCUT2D eigenvalue weighted by Crippen LogP contribution is 2.17. The molecule has 0 unspecified atom stereocenters. The maximum atomic E-state index is 12.6. The van der Waals surface area contributed by atoms with Crippen molar-refractivity contribution in [3.8, 4) is 17.5 Å². The summed E-state index contributed by atoms with van der Waals surface area (Å²) < 4.78 is 5.40. The monoisotopic (exact) mass is 415 g/mol. The molecule has 0 N–H and O–H groups in total. The van der Waals surface area contributed by atoms with Crippen molar-refractivity contribution in [2.75, 3.05) is 32.7 Å². The number of hydrogen-bond donors (Lipinski definition) is 0. The number of hydrogen-bond acceptors (Lipinski definition) is 6. The van der Waals surface area contributed by atoms with E-state index in [1.54, 1.807) is 24.3 Å². The molecule has 0 saturated carbocycles. The number of nitriles is 1. The van der Waals surface area contributed by atoms with Crippen LogP contribution < -0.4 is 0 Å². The molecule has 1 amide bonds. The number of carbonyl (C=O) groups is 1. The predicted molar refractivity (Wildman–Crippen MR) is 116 cm³/mol. The third-order valence-electron chi connectivity index (χ3n) is 5.56. The first-order valence-electron chi connectivity index (χ1n) is 10.5. The molecule has 2 aromatic carbocycles. The lowest BCUT2D eigenvalue weighted by Crippen LogP contribution is -2.48. The molecule has 0 radical (unpaired) electrons. The van der Waals surface area contributed by atoms with Crippen molar-refractivity contribution in [2.45, 2.75) is 19.8 Å². The van der Waals surface area contributed by atoms with Gasteiger partial charge in [0, 0.05) is 43.7 Å². The Hall–Kier alpha value is -3.50. The second-order valence-electron chi connectivity index (χ2n) is 7.80. The van der Waals surface area contributed by atoms with E-state index in [9.17, 15) is 4.79 Å². The zero-order valence-electron chi connectivity index (χ0n) is 17.6. The number of rotatable bonds is 6. The lowest BCUT2D eigenvalue weighted by atomic mass is 10.1. The van der Waals surface area contributed by atoms with Crippen molar-refractivity contribution in [3.63, 3.8) is 0 Å². The highest BCUT2D eigenvalue weighted by Gasteiger charge is 2.22. The van der Waals surface area contributed by atoms with Crippen LogP contribution in [-0.4, -0.2) is 58.6 Å².